The van der Waals surface area contributed by atoms with Gasteiger partial charge in [-0.2, -0.15) is 48.3 Å². The van der Waals surface area contributed by atoms with E-state index in [1.807, 2.05) is 0 Å². The zero-order chi connectivity index (χ0) is 60.3. The number of unbranched alkanes of at least 4 members (excludes halogenated alkanes) is 40. The van der Waals surface area contributed by atoms with Crippen molar-refractivity contribution >= 4 is 124 Å². The number of aliphatic hydroxyl groups excluding tert-OH is 1. The number of rotatable bonds is 55. The number of esters is 1. The van der Waals surface area contributed by atoms with Crippen LogP contribution in [0.3, 0.4) is 0 Å². The minimum absolute atomic E-state index is 0.0104. The van der Waals surface area contributed by atoms with Gasteiger partial charge in [0.1, 0.15) is 11.2 Å². The molecule has 0 bridgehead atoms. The van der Waals surface area contributed by atoms with Gasteiger partial charge in [0.2, 0.25) is 0 Å². The van der Waals surface area contributed by atoms with Gasteiger partial charge in [-0.15, -0.1) is 0 Å². The molecule has 0 unspecified atom stereocenters. The van der Waals surface area contributed by atoms with Crippen molar-refractivity contribution in [2.45, 2.75) is 386 Å². The van der Waals surface area contributed by atoms with Gasteiger partial charge in [-0.25, -0.2) is 4.79 Å². The van der Waals surface area contributed by atoms with Crippen LogP contribution in [0.25, 0.3) is 0 Å². The van der Waals surface area contributed by atoms with Crippen molar-refractivity contribution < 1.29 is 14.6 Å². The van der Waals surface area contributed by atoms with Crippen LogP contribution in [0, 0.1) is 0 Å². The molecule has 480 valence electrons. The minimum atomic E-state index is -0.712. The fourth-order valence-electron chi connectivity index (χ4n) is 8.04. The Labute approximate surface area is 555 Å². The fourth-order valence-corrected chi connectivity index (χ4v) is 17.3. The molecule has 0 heterocycles. The summed E-state index contributed by atoms with van der Waals surface area (Å²) >= 11 is 27.2. The molecule has 0 aliphatic rings. The van der Waals surface area contributed by atoms with Gasteiger partial charge in [-0.1, -0.05) is 285 Å². The van der Waals surface area contributed by atoms with Gasteiger partial charge in [0.25, 0.3) is 0 Å². The molecule has 11 heteroatoms. The van der Waals surface area contributed by atoms with Crippen LogP contribution in [0.15, 0.2) is 0 Å². The number of hydrogen-bond acceptors (Lipinski definition) is 9. The third-order valence-corrected chi connectivity index (χ3v) is 23.0. The molecule has 79 heavy (non-hydrogen) atoms. The second-order valence-electron chi connectivity index (χ2n) is 21.7. The van der Waals surface area contributed by atoms with E-state index in [1.165, 1.54) is 308 Å². The van der Waals surface area contributed by atoms with Gasteiger partial charge in [0.05, 0.1) is 6.61 Å². The van der Waals surface area contributed by atoms with Crippen LogP contribution in [0.2, 0.25) is 17.7 Å². The summed E-state index contributed by atoms with van der Waals surface area (Å²) in [6.45, 7) is 18.1. The Morgan fingerprint density at radius 3 is 0.734 bits per heavy atom. The Morgan fingerprint density at radius 1 is 0.354 bits per heavy atom. The Hall–Kier alpha value is 3.13. The second kappa shape index (κ2) is 106. The number of ether oxygens (including phenoxy) is 1. The minimum Gasteiger partial charge on any atom is -0.462 e. The van der Waals surface area contributed by atoms with Crippen LogP contribution in [0.4, 0.5) is 0 Å². The molecule has 0 rings (SSSR count). The van der Waals surface area contributed by atoms with Crippen LogP contribution in [0.5, 0.6) is 0 Å². The molecule has 1 N–H and O–H groups in total. The van der Waals surface area contributed by atoms with Crippen LogP contribution in [-0.2, 0) is 60.0 Å². The molecule has 0 saturated carbocycles. The molecule has 0 aromatic carbocycles. The molecule has 0 amide bonds. The molecule has 0 aromatic heterocycles. The largest absolute Gasteiger partial charge is 0.462 e. The first-order valence-corrected chi connectivity index (χ1v) is 46.0. The summed E-state index contributed by atoms with van der Waals surface area (Å²) in [6, 6.07) is 0. The molecule has 0 aromatic rings. The molecule has 0 saturated heterocycles. The second-order valence-corrected chi connectivity index (χ2v) is 33.4. The number of aliphatic hydroxyl groups is 1. The van der Waals surface area contributed by atoms with Gasteiger partial charge in [-0.3, -0.25) is 0 Å². The molecular formula is C68H144O3S6Sn2-2. The third-order valence-electron chi connectivity index (χ3n) is 13.4. The van der Waals surface area contributed by atoms with Crippen LogP contribution in [-0.4, -0.2) is 94.2 Å². The molecule has 0 aliphatic carbocycles. The van der Waals surface area contributed by atoms with Crippen molar-refractivity contribution in [1.29, 1.82) is 0 Å². The number of carbonyl (C=O) groups excluding carboxylic acids is 1. The first-order valence-electron chi connectivity index (χ1n) is 34.5. The smallest absolute Gasteiger partial charge is 0.328 e. The summed E-state index contributed by atoms with van der Waals surface area (Å²) in [6.07, 6.45) is 67.8. The SMILES string of the molecule is CCCCCCCCCCCC[S-].CCCCCCCCCCCC[S-].CCCCCCCCCCCC[S-].CCCCCCCCCCCC[S-].CCC[CH2][Sn+2][CH2]CCC.CCC[CH2][Sn][CH2]CCC.O=C(OCCO)C(S)S. The van der Waals surface area contributed by atoms with E-state index in [9.17, 15) is 4.79 Å². The number of carbonyl (C=O) groups is 1. The summed E-state index contributed by atoms with van der Waals surface area (Å²) in [5.74, 6) is 3.29. The van der Waals surface area contributed by atoms with Crippen LogP contribution < -0.4 is 0 Å². The Kier molecular flexibility index (Phi) is 128. The first-order chi connectivity index (χ1) is 38.7. The summed E-state index contributed by atoms with van der Waals surface area (Å²) in [5, 5.41) is 8.17. The summed E-state index contributed by atoms with van der Waals surface area (Å²) in [5.41, 5.74) is 0. The number of thiol groups is 2. The Bertz CT molecular complexity index is 760. The third kappa shape index (κ3) is 127. The fraction of sp³-hybridized carbons (Fsp3) is 0.985. The van der Waals surface area contributed by atoms with E-state index in [-0.39, 0.29) is 55.5 Å². The summed E-state index contributed by atoms with van der Waals surface area (Å²) in [7, 11) is 0. The van der Waals surface area contributed by atoms with E-state index in [4.69, 9.17) is 55.6 Å². The van der Waals surface area contributed by atoms with Crippen LogP contribution in [0.1, 0.15) is 364 Å². The van der Waals surface area contributed by atoms with Crippen molar-refractivity contribution in [2.24, 2.45) is 0 Å². The summed E-state index contributed by atoms with van der Waals surface area (Å²) < 4.78 is 10.2. The molecule has 0 atom stereocenters. The molecule has 0 spiro atoms. The number of hydrogen-bond donors (Lipinski definition) is 3. The normalized spacial score (nSPS) is 10.3. The quantitative estimate of drug-likeness (QED) is 0.0140. The standard InChI is InChI=1S/4C12H26S.C4H8O3S2.4C4H9.2Sn/c4*1-2-3-4-5-6-7-8-9-10-11-12-13;5-1-2-7-3(6)4(8)9;4*1-3-4-2;;/h4*13H,2-12H2,1H3;4-5,8-9H,1-2H2;4*1,3-4H2,2H3;;/q;;;;;;;;;;+2/p-4. The predicted molar refractivity (Wildman–Crippen MR) is 386 cm³/mol. The maximum absolute atomic E-state index is 10.4. The van der Waals surface area contributed by atoms with Gasteiger partial charge < -0.3 is 60.4 Å². The van der Waals surface area contributed by atoms with E-state index < -0.39 is 10.6 Å². The van der Waals surface area contributed by atoms with Crippen molar-refractivity contribution in [3.05, 3.63) is 0 Å². The van der Waals surface area contributed by atoms with Gasteiger partial charge in [0, 0.05) is 0 Å². The topological polar surface area (TPSA) is 46.5 Å². The van der Waals surface area contributed by atoms with E-state index in [0.717, 1.165) is 23.0 Å². The monoisotopic (exact) mass is 1440 g/mol. The average molecular weight is 1440 g/mol. The van der Waals surface area contributed by atoms with E-state index in [2.05, 4.69) is 85.4 Å². The van der Waals surface area contributed by atoms with E-state index in [1.54, 1.807) is 17.7 Å². The molecule has 0 aliphatic heterocycles. The molecule has 0 fully saturated rings. The van der Waals surface area contributed by atoms with Crippen molar-refractivity contribution in [1.82, 2.24) is 0 Å². The van der Waals surface area contributed by atoms with Gasteiger partial charge >= 0.3 is 145 Å². The Balaban J connectivity index is -0.000000154. The van der Waals surface area contributed by atoms with E-state index >= 15 is 0 Å². The molecule has 2 radical (unpaired) electrons. The van der Waals surface area contributed by atoms with Crippen molar-refractivity contribution in [3.63, 3.8) is 0 Å². The van der Waals surface area contributed by atoms with E-state index in [0.29, 0.717) is 0 Å². The van der Waals surface area contributed by atoms with Crippen molar-refractivity contribution in [3.8, 4) is 0 Å². The first kappa shape index (κ1) is 95.8. The maximum Gasteiger partial charge on any atom is 0.328 e. The zero-order valence-corrected chi connectivity index (χ0v) is 65.6. The molecule has 3 nitrogen and oxygen atoms in total. The Morgan fingerprint density at radius 2 is 0.557 bits per heavy atom. The zero-order valence-electron chi connectivity index (χ0n) is 54.9. The van der Waals surface area contributed by atoms with Crippen LogP contribution >= 0.6 is 25.3 Å². The van der Waals surface area contributed by atoms with Gasteiger partial charge in [-0.05, 0) is 0 Å². The van der Waals surface area contributed by atoms with Crippen molar-refractivity contribution in [2.75, 3.05) is 36.2 Å². The van der Waals surface area contributed by atoms with Gasteiger partial charge in [0.15, 0.2) is 0 Å². The maximum atomic E-state index is 10.4. The predicted octanol–water partition coefficient (Wildman–Crippen LogP) is 23.8. The molecular weight excluding hydrogens is 1290 g/mol. The average Bonchev–Trinajstić information content (AvgIpc) is 3.46. The summed E-state index contributed by atoms with van der Waals surface area (Å²) in [4.78, 5) is 10.4.